The van der Waals surface area contributed by atoms with Crippen molar-refractivity contribution < 1.29 is 19.8 Å². The number of phenols is 1. The molecule has 0 saturated carbocycles. The molecular formula is C18H15N3O4S. The minimum atomic E-state index is -1.06. The van der Waals surface area contributed by atoms with Gasteiger partial charge in [0.25, 0.3) is 0 Å². The Morgan fingerprint density at radius 2 is 1.85 bits per heavy atom. The van der Waals surface area contributed by atoms with Gasteiger partial charge in [-0.25, -0.2) is 0 Å². The maximum Gasteiger partial charge on any atom is 0.305 e. The molecule has 0 bridgehead atoms. The third-order valence-corrected chi connectivity index (χ3v) is 4.68. The van der Waals surface area contributed by atoms with E-state index in [2.05, 4.69) is 10.2 Å². The van der Waals surface area contributed by atoms with Gasteiger partial charge in [-0.3, -0.25) is 14.5 Å². The van der Waals surface area contributed by atoms with Gasteiger partial charge in [0.15, 0.2) is 5.17 Å². The van der Waals surface area contributed by atoms with Gasteiger partial charge in [0, 0.05) is 0 Å². The van der Waals surface area contributed by atoms with Crippen molar-refractivity contribution >= 4 is 40.7 Å². The van der Waals surface area contributed by atoms with E-state index in [1.54, 1.807) is 18.3 Å². The Bertz CT molecular complexity index is 866. The number of amides is 1. The van der Waals surface area contributed by atoms with E-state index in [1.807, 2.05) is 30.3 Å². The number of aromatic hydroxyl groups is 1. The van der Waals surface area contributed by atoms with Crippen LogP contribution in [0, 0.1) is 0 Å². The van der Waals surface area contributed by atoms with Crippen molar-refractivity contribution in [2.45, 2.75) is 11.7 Å². The van der Waals surface area contributed by atoms with Gasteiger partial charge in [-0.05, 0) is 29.8 Å². The summed E-state index contributed by atoms with van der Waals surface area (Å²) in [7, 11) is 0. The van der Waals surface area contributed by atoms with Crippen LogP contribution < -0.4 is 4.90 Å². The standard InChI is InChI=1S/C18H15N3O4S/c22-14-8-6-13(7-9-14)21-17(25)15(10-16(23)24)26-18(21)20-19-11-12-4-2-1-3-5-12/h1-9,11,15,22H,10H2,(H,23,24)/b19-11-,20-18-/t15-/m1/s1. The third kappa shape index (κ3) is 4.09. The first kappa shape index (κ1) is 17.7. The number of carboxylic acid groups (broad SMARTS) is 1. The van der Waals surface area contributed by atoms with Gasteiger partial charge < -0.3 is 10.2 Å². The van der Waals surface area contributed by atoms with Crippen molar-refractivity contribution in [1.82, 2.24) is 0 Å². The predicted molar refractivity (Wildman–Crippen MR) is 101 cm³/mol. The molecule has 0 radical (unpaired) electrons. The maximum absolute atomic E-state index is 12.6. The lowest BCUT2D eigenvalue weighted by Crippen LogP contribution is -2.32. The predicted octanol–water partition coefficient (Wildman–Crippen LogP) is 2.71. The van der Waals surface area contributed by atoms with Crippen LogP contribution in [0.5, 0.6) is 5.75 Å². The Morgan fingerprint density at radius 3 is 2.50 bits per heavy atom. The fraction of sp³-hybridized carbons (Fsp3) is 0.111. The molecule has 26 heavy (non-hydrogen) atoms. The summed E-state index contributed by atoms with van der Waals surface area (Å²) in [5, 5.41) is 26.1. The Balaban J connectivity index is 1.90. The Kier molecular flexibility index (Phi) is 5.33. The molecule has 2 aromatic carbocycles. The van der Waals surface area contributed by atoms with Crippen LogP contribution in [0.1, 0.15) is 12.0 Å². The van der Waals surface area contributed by atoms with Crippen molar-refractivity contribution in [3.05, 3.63) is 60.2 Å². The third-order valence-electron chi connectivity index (χ3n) is 3.55. The van der Waals surface area contributed by atoms with Crippen molar-refractivity contribution in [2.24, 2.45) is 10.2 Å². The van der Waals surface area contributed by atoms with Crippen LogP contribution in [0.3, 0.4) is 0 Å². The SMILES string of the molecule is O=C(O)C[C@H]1S/C(=N\N=C/c2ccccc2)N(c2ccc(O)cc2)C1=O. The molecule has 1 saturated heterocycles. The molecule has 0 aromatic heterocycles. The number of aliphatic carboxylic acids is 1. The van der Waals surface area contributed by atoms with Gasteiger partial charge in [-0.1, -0.05) is 42.1 Å². The number of phenolic OH excluding ortho intramolecular Hbond substituents is 1. The second kappa shape index (κ2) is 7.83. The van der Waals surface area contributed by atoms with Crippen LogP contribution in [0.4, 0.5) is 5.69 Å². The highest BCUT2D eigenvalue weighted by Gasteiger charge is 2.40. The highest BCUT2D eigenvalue weighted by Crippen LogP contribution is 2.34. The molecule has 1 fully saturated rings. The maximum atomic E-state index is 12.6. The molecule has 0 aliphatic carbocycles. The summed E-state index contributed by atoms with van der Waals surface area (Å²) in [5.41, 5.74) is 1.34. The fourth-order valence-electron chi connectivity index (χ4n) is 2.35. The summed E-state index contributed by atoms with van der Waals surface area (Å²) in [6, 6.07) is 15.4. The van der Waals surface area contributed by atoms with E-state index < -0.39 is 11.2 Å². The van der Waals surface area contributed by atoms with E-state index in [9.17, 15) is 14.7 Å². The van der Waals surface area contributed by atoms with Gasteiger partial charge in [0.1, 0.15) is 11.0 Å². The van der Waals surface area contributed by atoms with Gasteiger partial charge >= 0.3 is 5.97 Å². The van der Waals surface area contributed by atoms with Crippen LogP contribution in [0.2, 0.25) is 0 Å². The molecule has 1 aliphatic rings. The quantitative estimate of drug-likeness (QED) is 0.623. The van der Waals surface area contributed by atoms with Crippen molar-refractivity contribution in [3.8, 4) is 5.75 Å². The van der Waals surface area contributed by atoms with E-state index in [-0.39, 0.29) is 18.1 Å². The summed E-state index contributed by atoms with van der Waals surface area (Å²) >= 11 is 1.06. The smallest absolute Gasteiger partial charge is 0.305 e. The molecule has 1 heterocycles. The zero-order chi connectivity index (χ0) is 18.5. The molecule has 3 rings (SSSR count). The van der Waals surface area contributed by atoms with E-state index in [1.165, 1.54) is 17.0 Å². The summed E-state index contributed by atoms with van der Waals surface area (Å²) in [6.07, 6.45) is 1.25. The van der Waals surface area contributed by atoms with E-state index >= 15 is 0 Å². The molecule has 8 heteroatoms. The highest BCUT2D eigenvalue weighted by atomic mass is 32.2. The van der Waals surface area contributed by atoms with Crippen LogP contribution in [-0.4, -0.2) is 38.7 Å². The average Bonchev–Trinajstić information content (AvgIpc) is 2.92. The summed E-state index contributed by atoms with van der Waals surface area (Å²) < 4.78 is 0. The number of benzene rings is 2. The number of hydrogen-bond donors (Lipinski definition) is 2. The minimum Gasteiger partial charge on any atom is -0.508 e. The molecule has 7 nitrogen and oxygen atoms in total. The molecule has 1 aliphatic heterocycles. The molecule has 1 amide bonds. The van der Waals surface area contributed by atoms with Crippen LogP contribution >= 0.6 is 11.8 Å². The van der Waals surface area contributed by atoms with Gasteiger partial charge in [-0.2, -0.15) is 5.10 Å². The van der Waals surface area contributed by atoms with Crippen LogP contribution in [0.25, 0.3) is 0 Å². The van der Waals surface area contributed by atoms with Gasteiger partial charge in [0.2, 0.25) is 5.91 Å². The molecule has 0 spiro atoms. The van der Waals surface area contributed by atoms with Gasteiger partial charge in [0.05, 0.1) is 18.3 Å². The van der Waals surface area contributed by atoms with Crippen molar-refractivity contribution in [2.75, 3.05) is 4.90 Å². The van der Waals surface area contributed by atoms with E-state index in [4.69, 9.17) is 5.11 Å². The Hall–Kier alpha value is -3.13. The Labute approximate surface area is 153 Å². The number of carboxylic acids is 1. The lowest BCUT2D eigenvalue weighted by molar-refractivity contribution is -0.138. The lowest BCUT2D eigenvalue weighted by atomic mass is 10.2. The first-order valence-corrected chi connectivity index (χ1v) is 8.60. The molecule has 2 N–H and O–H groups in total. The minimum absolute atomic E-state index is 0.0655. The number of anilines is 1. The van der Waals surface area contributed by atoms with Crippen molar-refractivity contribution in [3.63, 3.8) is 0 Å². The fourth-order valence-corrected chi connectivity index (χ4v) is 3.43. The summed E-state index contributed by atoms with van der Waals surface area (Å²) in [4.78, 5) is 24.9. The van der Waals surface area contributed by atoms with Crippen molar-refractivity contribution in [1.29, 1.82) is 0 Å². The molecule has 132 valence electrons. The second-order valence-corrected chi connectivity index (χ2v) is 6.60. The topological polar surface area (TPSA) is 103 Å². The largest absolute Gasteiger partial charge is 0.508 e. The zero-order valence-corrected chi connectivity index (χ0v) is 14.3. The monoisotopic (exact) mass is 369 g/mol. The number of carbonyl (C=O) groups excluding carboxylic acids is 1. The first-order valence-electron chi connectivity index (χ1n) is 7.72. The lowest BCUT2D eigenvalue weighted by Gasteiger charge is -2.15. The molecule has 0 unspecified atom stereocenters. The Morgan fingerprint density at radius 1 is 1.15 bits per heavy atom. The molecule has 2 aromatic rings. The number of amidine groups is 1. The highest BCUT2D eigenvalue weighted by molar-refractivity contribution is 8.16. The number of hydrogen-bond acceptors (Lipinski definition) is 6. The summed E-state index contributed by atoms with van der Waals surface area (Å²) in [5.74, 6) is -1.37. The first-order chi connectivity index (χ1) is 12.5. The molecular weight excluding hydrogens is 354 g/mol. The number of rotatable bonds is 5. The number of carbonyl (C=O) groups is 2. The second-order valence-electron chi connectivity index (χ2n) is 5.43. The number of nitrogens with zero attached hydrogens (tertiary/aromatic N) is 3. The normalized spacial score (nSPS) is 18.8. The van der Waals surface area contributed by atoms with E-state index in [0.717, 1.165) is 17.3 Å². The summed E-state index contributed by atoms with van der Waals surface area (Å²) in [6.45, 7) is 0. The van der Waals surface area contributed by atoms with E-state index in [0.29, 0.717) is 10.9 Å². The molecule has 1 atom stereocenters. The average molecular weight is 369 g/mol. The zero-order valence-electron chi connectivity index (χ0n) is 13.5. The van der Waals surface area contributed by atoms with Crippen LogP contribution in [-0.2, 0) is 9.59 Å². The van der Waals surface area contributed by atoms with Gasteiger partial charge in [-0.15, -0.1) is 5.10 Å². The number of thioether (sulfide) groups is 1. The van der Waals surface area contributed by atoms with Crippen LogP contribution in [0.15, 0.2) is 64.8 Å².